The molecule has 2 aromatic rings. The maximum absolute atomic E-state index is 12.5. The summed E-state index contributed by atoms with van der Waals surface area (Å²) in [6.07, 6.45) is -3.75. The number of rotatable bonds is 7. The molecular weight excluding hydrogens is 375 g/mol. The Balaban J connectivity index is 1.72. The lowest BCUT2D eigenvalue weighted by Crippen LogP contribution is -2.40. The first-order valence-corrected chi connectivity index (χ1v) is 9.76. The van der Waals surface area contributed by atoms with Gasteiger partial charge in [-0.05, 0) is 36.2 Å². The molecule has 0 bridgehead atoms. The zero-order valence-electron chi connectivity index (χ0n) is 14.9. The lowest BCUT2D eigenvalue weighted by Gasteiger charge is -2.12. The first-order valence-electron chi connectivity index (χ1n) is 8.44. The highest BCUT2D eigenvalue weighted by atomic mass is 32.2. The van der Waals surface area contributed by atoms with Crippen LogP contribution in [0.1, 0.15) is 11.1 Å². The van der Waals surface area contributed by atoms with E-state index in [0.717, 1.165) is 22.6 Å². The molecule has 1 unspecified atom stereocenters. The second kappa shape index (κ2) is 10.1. The van der Waals surface area contributed by atoms with E-state index < -0.39 is 22.5 Å². The van der Waals surface area contributed by atoms with Crippen LogP contribution >= 0.6 is 0 Å². The van der Waals surface area contributed by atoms with Gasteiger partial charge >= 0.3 is 6.18 Å². The van der Waals surface area contributed by atoms with Crippen LogP contribution in [0.2, 0.25) is 0 Å². The summed E-state index contributed by atoms with van der Waals surface area (Å²) in [7, 11) is 0.543. The Bertz CT molecular complexity index is 762. The third-order valence-electron chi connectivity index (χ3n) is 3.80. The monoisotopic (exact) mass is 397 g/mol. The number of halogens is 3. The summed E-state index contributed by atoms with van der Waals surface area (Å²) in [4.78, 5) is 4.86. The van der Waals surface area contributed by atoms with E-state index in [2.05, 4.69) is 15.6 Å². The molecule has 4 nitrogen and oxygen atoms in total. The van der Waals surface area contributed by atoms with Crippen molar-refractivity contribution in [2.45, 2.75) is 17.5 Å². The fourth-order valence-electron chi connectivity index (χ4n) is 2.36. The van der Waals surface area contributed by atoms with E-state index in [9.17, 15) is 17.4 Å². The van der Waals surface area contributed by atoms with E-state index in [0.29, 0.717) is 31.2 Å². The summed E-state index contributed by atoms with van der Waals surface area (Å²) in [5, 5.41) is 6.18. The summed E-state index contributed by atoms with van der Waals surface area (Å²) in [6, 6.07) is 14.3. The highest BCUT2D eigenvalue weighted by Gasteiger charge is 2.29. The van der Waals surface area contributed by atoms with Crippen molar-refractivity contribution in [3.8, 4) is 0 Å². The van der Waals surface area contributed by atoms with Gasteiger partial charge < -0.3 is 10.6 Å². The SMILES string of the molecule is CN=C(NCCc1ccc(C(F)(F)F)cc1)NCCS(=O)c1ccccc1. The number of guanidine groups is 1. The summed E-state index contributed by atoms with van der Waals surface area (Å²) in [5.41, 5.74) is 0.152. The van der Waals surface area contributed by atoms with Gasteiger partial charge in [0.15, 0.2) is 5.96 Å². The van der Waals surface area contributed by atoms with Crippen molar-refractivity contribution in [2.24, 2.45) is 4.99 Å². The number of hydrogen-bond acceptors (Lipinski definition) is 2. The minimum absolute atomic E-state index is 0.448. The van der Waals surface area contributed by atoms with Gasteiger partial charge in [0, 0.05) is 30.8 Å². The standard InChI is InChI=1S/C19H22F3N3OS/c1-23-18(25-13-14-27(26)17-5-3-2-4-6-17)24-12-11-15-7-9-16(10-8-15)19(20,21)22/h2-10H,11-14H2,1H3,(H2,23,24,25). The molecule has 0 amide bonds. The maximum Gasteiger partial charge on any atom is 0.416 e. The molecule has 0 aliphatic heterocycles. The molecule has 8 heteroatoms. The van der Waals surface area contributed by atoms with Gasteiger partial charge in [-0.2, -0.15) is 13.2 Å². The number of hydrogen-bond donors (Lipinski definition) is 2. The molecule has 2 rings (SSSR count). The zero-order chi connectivity index (χ0) is 19.7. The smallest absolute Gasteiger partial charge is 0.356 e. The van der Waals surface area contributed by atoms with Crippen LogP contribution in [0.15, 0.2) is 64.5 Å². The number of nitrogens with zero attached hydrogens (tertiary/aromatic N) is 1. The van der Waals surface area contributed by atoms with Crippen LogP contribution in [-0.2, 0) is 23.4 Å². The van der Waals surface area contributed by atoms with Crippen LogP contribution in [0.25, 0.3) is 0 Å². The Morgan fingerprint density at radius 2 is 1.63 bits per heavy atom. The quantitative estimate of drug-likeness (QED) is 0.557. The fraction of sp³-hybridized carbons (Fsp3) is 0.316. The molecule has 2 aromatic carbocycles. The molecule has 0 aliphatic rings. The van der Waals surface area contributed by atoms with Crippen molar-refractivity contribution >= 4 is 16.8 Å². The van der Waals surface area contributed by atoms with Crippen molar-refractivity contribution in [3.63, 3.8) is 0 Å². The molecule has 0 fully saturated rings. The second-order valence-electron chi connectivity index (χ2n) is 5.73. The van der Waals surface area contributed by atoms with Crippen molar-refractivity contribution in [1.82, 2.24) is 10.6 Å². The van der Waals surface area contributed by atoms with E-state index >= 15 is 0 Å². The first-order chi connectivity index (χ1) is 12.9. The summed E-state index contributed by atoms with van der Waals surface area (Å²) in [5.74, 6) is 1.01. The van der Waals surface area contributed by atoms with Crippen LogP contribution in [-0.4, -0.2) is 36.1 Å². The molecule has 0 heterocycles. The lowest BCUT2D eigenvalue weighted by molar-refractivity contribution is -0.137. The predicted octanol–water partition coefficient (Wildman–Crippen LogP) is 3.22. The Hall–Kier alpha value is -2.35. The number of nitrogens with one attached hydrogen (secondary N) is 2. The third-order valence-corrected chi connectivity index (χ3v) is 5.17. The molecule has 0 spiro atoms. The van der Waals surface area contributed by atoms with E-state index in [1.807, 2.05) is 30.3 Å². The maximum atomic E-state index is 12.5. The van der Waals surface area contributed by atoms with Gasteiger partial charge in [0.05, 0.1) is 16.4 Å². The van der Waals surface area contributed by atoms with E-state index in [-0.39, 0.29) is 0 Å². The van der Waals surface area contributed by atoms with Crippen LogP contribution in [0.3, 0.4) is 0 Å². The highest BCUT2D eigenvalue weighted by molar-refractivity contribution is 7.85. The highest BCUT2D eigenvalue weighted by Crippen LogP contribution is 2.29. The van der Waals surface area contributed by atoms with Crippen molar-refractivity contribution in [1.29, 1.82) is 0 Å². The van der Waals surface area contributed by atoms with Gasteiger partial charge in [-0.1, -0.05) is 30.3 Å². The Morgan fingerprint density at radius 3 is 2.22 bits per heavy atom. The molecule has 1 atom stereocenters. The van der Waals surface area contributed by atoms with E-state index in [4.69, 9.17) is 0 Å². The Kier molecular flexibility index (Phi) is 7.84. The average molecular weight is 397 g/mol. The normalized spacial score (nSPS) is 13.3. The van der Waals surface area contributed by atoms with Crippen LogP contribution < -0.4 is 10.6 Å². The lowest BCUT2D eigenvalue weighted by atomic mass is 10.1. The number of alkyl halides is 3. The van der Waals surface area contributed by atoms with Gasteiger partial charge in [-0.3, -0.25) is 9.20 Å². The fourth-order valence-corrected chi connectivity index (χ4v) is 3.34. The van der Waals surface area contributed by atoms with E-state index in [1.165, 1.54) is 12.1 Å². The van der Waals surface area contributed by atoms with Crippen molar-refractivity contribution in [2.75, 3.05) is 25.9 Å². The average Bonchev–Trinajstić information content (AvgIpc) is 2.67. The van der Waals surface area contributed by atoms with Crippen LogP contribution in [0.4, 0.5) is 13.2 Å². The molecule has 0 saturated heterocycles. The minimum atomic E-state index is -4.32. The number of aliphatic imine (C=N–C) groups is 1. The molecule has 0 radical (unpaired) electrons. The molecule has 27 heavy (non-hydrogen) atoms. The van der Waals surface area contributed by atoms with Crippen LogP contribution in [0.5, 0.6) is 0 Å². The molecule has 146 valence electrons. The largest absolute Gasteiger partial charge is 0.416 e. The second-order valence-corrected chi connectivity index (χ2v) is 7.30. The first kappa shape index (κ1) is 21.0. The summed E-state index contributed by atoms with van der Waals surface area (Å²) >= 11 is 0. The molecule has 2 N–H and O–H groups in total. The molecule has 0 aromatic heterocycles. The van der Waals surface area contributed by atoms with Gasteiger partial charge in [0.25, 0.3) is 0 Å². The molecule has 0 saturated carbocycles. The number of benzene rings is 2. The Morgan fingerprint density at radius 1 is 1.00 bits per heavy atom. The van der Waals surface area contributed by atoms with Gasteiger partial charge in [0.2, 0.25) is 0 Å². The summed E-state index contributed by atoms with van der Waals surface area (Å²) in [6.45, 7) is 1.01. The van der Waals surface area contributed by atoms with E-state index in [1.54, 1.807) is 7.05 Å². The summed E-state index contributed by atoms with van der Waals surface area (Å²) < 4.78 is 49.8. The van der Waals surface area contributed by atoms with Crippen LogP contribution in [0, 0.1) is 0 Å². The van der Waals surface area contributed by atoms with Crippen molar-refractivity contribution in [3.05, 3.63) is 65.7 Å². The van der Waals surface area contributed by atoms with Gasteiger partial charge in [0.1, 0.15) is 0 Å². The Labute approximate surface area is 159 Å². The molecular formula is C19H22F3N3OS. The van der Waals surface area contributed by atoms with Crippen molar-refractivity contribution < 1.29 is 17.4 Å². The zero-order valence-corrected chi connectivity index (χ0v) is 15.7. The topological polar surface area (TPSA) is 53.5 Å². The van der Waals surface area contributed by atoms with Gasteiger partial charge in [-0.15, -0.1) is 0 Å². The minimum Gasteiger partial charge on any atom is -0.356 e. The predicted molar refractivity (Wildman–Crippen MR) is 102 cm³/mol. The van der Waals surface area contributed by atoms with Gasteiger partial charge in [-0.25, -0.2) is 0 Å². The molecule has 0 aliphatic carbocycles. The third kappa shape index (κ3) is 7.05.